The molecule has 2 aromatic rings. The molecule has 2 rings (SSSR count). The summed E-state index contributed by atoms with van der Waals surface area (Å²) in [6.07, 6.45) is 2.05. The molecule has 0 saturated carbocycles. The van der Waals surface area contributed by atoms with Crippen molar-refractivity contribution < 1.29 is 18.6 Å². The van der Waals surface area contributed by atoms with E-state index in [9.17, 15) is 4.39 Å². The molecule has 0 aromatic heterocycles. The molecule has 0 radical (unpaired) electrons. The van der Waals surface area contributed by atoms with Crippen molar-refractivity contribution in [3.05, 3.63) is 53.6 Å². The van der Waals surface area contributed by atoms with E-state index >= 15 is 0 Å². The Bertz CT molecular complexity index is 676. The van der Waals surface area contributed by atoms with Gasteiger partial charge in [0.05, 0.1) is 0 Å². The normalized spacial score (nSPS) is 13.2. The molecule has 0 saturated heterocycles. The SMILES string of the molecule is COC(C)(F)c1ccc(Oc2ccc(SC)cc2CN(C)C)cc1.F. The molecule has 0 aliphatic heterocycles. The third kappa shape index (κ3) is 5.70. The molecule has 1 unspecified atom stereocenters. The van der Waals surface area contributed by atoms with Gasteiger partial charge in [-0.15, -0.1) is 11.8 Å². The molecule has 0 aliphatic carbocycles. The molecule has 0 aliphatic rings. The van der Waals surface area contributed by atoms with Crippen LogP contribution in [-0.4, -0.2) is 32.4 Å². The maximum absolute atomic E-state index is 14.1. The van der Waals surface area contributed by atoms with Gasteiger partial charge in [0.15, 0.2) is 0 Å². The lowest BCUT2D eigenvalue weighted by molar-refractivity contribution is -0.112. The molecule has 138 valence electrons. The Hall–Kier alpha value is -1.63. The van der Waals surface area contributed by atoms with Gasteiger partial charge in [-0.05, 0) is 69.7 Å². The van der Waals surface area contributed by atoms with Gasteiger partial charge < -0.3 is 14.4 Å². The van der Waals surface area contributed by atoms with E-state index < -0.39 is 5.85 Å². The van der Waals surface area contributed by atoms with Gasteiger partial charge in [0, 0.05) is 29.7 Å². The molecule has 2 aromatic carbocycles. The van der Waals surface area contributed by atoms with Gasteiger partial charge in [0.2, 0.25) is 5.85 Å². The second-order valence-electron chi connectivity index (χ2n) is 5.96. The summed E-state index contributed by atoms with van der Waals surface area (Å²) in [6.45, 7) is 2.17. The molecule has 1 atom stereocenters. The van der Waals surface area contributed by atoms with Crippen LogP contribution in [0, 0.1) is 0 Å². The molecule has 0 bridgehead atoms. The van der Waals surface area contributed by atoms with E-state index in [1.807, 2.05) is 26.2 Å². The van der Waals surface area contributed by atoms with Crippen molar-refractivity contribution in [3.63, 3.8) is 0 Å². The Balaban J connectivity index is 0.00000312. The fraction of sp³-hybridized carbons (Fsp3) is 0.368. The maximum Gasteiger partial charge on any atom is 0.232 e. The Morgan fingerprint density at radius 1 is 1.12 bits per heavy atom. The largest absolute Gasteiger partial charge is 0.457 e. The van der Waals surface area contributed by atoms with Crippen molar-refractivity contribution in [3.8, 4) is 11.5 Å². The second-order valence-corrected chi connectivity index (χ2v) is 6.84. The lowest BCUT2D eigenvalue weighted by atomic mass is 10.1. The molecular weight excluding hydrogens is 344 g/mol. The highest BCUT2D eigenvalue weighted by atomic mass is 32.2. The number of halogens is 2. The summed E-state index contributed by atoms with van der Waals surface area (Å²) in [6, 6.07) is 13.0. The zero-order chi connectivity index (χ0) is 17.7. The first-order valence-electron chi connectivity index (χ1n) is 7.70. The number of hydrogen-bond acceptors (Lipinski definition) is 4. The summed E-state index contributed by atoms with van der Waals surface area (Å²) < 4.78 is 25.0. The van der Waals surface area contributed by atoms with Crippen molar-refractivity contribution in [1.82, 2.24) is 4.90 Å². The van der Waals surface area contributed by atoms with Crippen molar-refractivity contribution in [2.75, 3.05) is 27.5 Å². The van der Waals surface area contributed by atoms with E-state index in [1.165, 1.54) is 18.9 Å². The van der Waals surface area contributed by atoms with Crippen molar-refractivity contribution in [2.45, 2.75) is 24.2 Å². The van der Waals surface area contributed by atoms with Crippen LogP contribution in [0.15, 0.2) is 47.4 Å². The second kappa shape index (κ2) is 9.17. The van der Waals surface area contributed by atoms with Crippen LogP contribution in [0.3, 0.4) is 0 Å². The number of benzene rings is 2. The van der Waals surface area contributed by atoms with Crippen molar-refractivity contribution in [1.29, 1.82) is 0 Å². The average Bonchev–Trinajstić information content (AvgIpc) is 2.56. The van der Waals surface area contributed by atoms with Gasteiger partial charge in [-0.25, -0.2) is 4.39 Å². The van der Waals surface area contributed by atoms with E-state index in [0.717, 1.165) is 17.9 Å². The van der Waals surface area contributed by atoms with Gasteiger partial charge in [-0.1, -0.05) is 0 Å². The number of thioether (sulfide) groups is 1. The number of rotatable bonds is 7. The van der Waals surface area contributed by atoms with Gasteiger partial charge in [0.1, 0.15) is 11.5 Å². The van der Waals surface area contributed by atoms with Gasteiger partial charge in [0.25, 0.3) is 0 Å². The van der Waals surface area contributed by atoms with Crippen LogP contribution in [-0.2, 0) is 17.1 Å². The molecule has 0 fully saturated rings. The van der Waals surface area contributed by atoms with Crippen LogP contribution in [0.4, 0.5) is 9.09 Å². The summed E-state index contributed by atoms with van der Waals surface area (Å²) in [7, 11) is 5.40. The highest BCUT2D eigenvalue weighted by Gasteiger charge is 2.24. The van der Waals surface area contributed by atoms with E-state index in [-0.39, 0.29) is 4.70 Å². The monoisotopic (exact) mass is 369 g/mol. The zero-order valence-electron chi connectivity index (χ0n) is 15.2. The average molecular weight is 369 g/mol. The lowest BCUT2D eigenvalue weighted by Gasteiger charge is -2.19. The Kier molecular flexibility index (Phi) is 7.86. The first kappa shape index (κ1) is 21.4. The standard InChI is InChI=1S/C19H24FNO2S.FH/c1-19(20,22-4)15-6-8-16(9-7-15)23-18-11-10-17(24-5)12-14(18)13-21(2)3;/h6-12H,13H2,1-5H3;1H. The minimum atomic E-state index is -1.80. The smallest absolute Gasteiger partial charge is 0.232 e. The molecule has 0 heterocycles. The lowest BCUT2D eigenvalue weighted by Crippen LogP contribution is -2.17. The van der Waals surface area contributed by atoms with E-state index in [1.54, 1.807) is 36.0 Å². The third-order valence-electron chi connectivity index (χ3n) is 3.74. The Morgan fingerprint density at radius 2 is 1.76 bits per heavy atom. The van der Waals surface area contributed by atoms with Gasteiger partial charge >= 0.3 is 0 Å². The van der Waals surface area contributed by atoms with Gasteiger partial charge in [-0.3, -0.25) is 4.70 Å². The Morgan fingerprint density at radius 3 is 2.28 bits per heavy atom. The third-order valence-corrected chi connectivity index (χ3v) is 4.46. The van der Waals surface area contributed by atoms with Gasteiger partial charge in [-0.2, -0.15) is 0 Å². The summed E-state index contributed by atoms with van der Waals surface area (Å²) in [5.74, 6) is -0.319. The van der Waals surface area contributed by atoms with E-state index in [4.69, 9.17) is 9.47 Å². The number of alkyl halides is 1. The molecule has 6 heteroatoms. The topological polar surface area (TPSA) is 21.7 Å². The van der Waals surface area contributed by atoms with Crippen LogP contribution >= 0.6 is 11.8 Å². The van der Waals surface area contributed by atoms with Crippen molar-refractivity contribution >= 4 is 11.8 Å². The number of hydrogen-bond donors (Lipinski definition) is 0. The first-order chi connectivity index (χ1) is 11.4. The Labute approximate surface area is 152 Å². The summed E-state index contributed by atoms with van der Waals surface area (Å²) in [4.78, 5) is 3.30. The van der Waals surface area contributed by atoms with Crippen LogP contribution in [0.5, 0.6) is 11.5 Å². The summed E-state index contributed by atoms with van der Waals surface area (Å²) in [5.41, 5.74) is 1.58. The molecular formula is C19H25F2NO2S. The summed E-state index contributed by atoms with van der Waals surface area (Å²) in [5, 5.41) is 0. The zero-order valence-corrected chi connectivity index (χ0v) is 16.0. The van der Waals surface area contributed by atoms with Crippen LogP contribution in [0.25, 0.3) is 0 Å². The fourth-order valence-corrected chi connectivity index (χ4v) is 2.78. The van der Waals surface area contributed by atoms with E-state index in [2.05, 4.69) is 17.2 Å². The molecule has 0 amide bonds. The highest BCUT2D eigenvalue weighted by Crippen LogP contribution is 2.32. The molecule has 0 N–H and O–H groups in total. The maximum atomic E-state index is 14.1. The van der Waals surface area contributed by atoms with Crippen LogP contribution < -0.4 is 4.74 Å². The summed E-state index contributed by atoms with van der Waals surface area (Å²) >= 11 is 1.70. The number of methoxy groups -OCH3 is 1. The predicted octanol–water partition coefficient (Wildman–Crippen LogP) is 5.20. The predicted molar refractivity (Wildman–Crippen MR) is 100 cm³/mol. The molecule has 25 heavy (non-hydrogen) atoms. The molecule has 0 spiro atoms. The van der Waals surface area contributed by atoms with Crippen LogP contribution in [0.1, 0.15) is 18.1 Å². The quantitative estimate of drug-likeness (QED) is 0.625. The first-order valence-corrected chi connectivity index (χ1v) is 8.92. The number of ether oxygens (including phenoxy) is 2. The highest BCUT2D eigenvalue weighted by molar-refractivity contribution is 7.98. The van der Waals surface area contributed by atoms with Crippen molar-refractivity contribution in [2.24, 2.45) is 0 Å². The minimum absolute atomic E-state index is 0. The minimum Gasteiger partial charge on any atom is -0.457 e. The fourth-order valence-electron chi connectivity index (χ4n) is 2.31. The number of nitrogens with zero attached hydrogens (tertiary/aromatic N) is 1. The molecule has 3 nitrogen and oxygen atoms in total. The van der Waals surface area contributed by atoms with Crippen LogP contribution in [0.2, 0.25) is 0 Å². The van der Waals surface area contributed by atoms with E-state index in [0.29, 0.717) is 11.3 Å².